The molecular weight excluding hydrogens is 264 g/mol. The van der Waals surface area contributed by atoms with Crippen molar-refractivity contribution in [1.29, 1.82) is 0 Å². The standard InChI is InChI=1S/C17H24N2O2/c1-13(2)12-21-16-10-8-15(9-11-16)19-17(20)18-14-6-4-3-5-7-14/h8-11,14H,1,3-7,12H2,2H3,(H2,18,19,20). The third-order valence-corrected chi connectivity index (χ3v) is 3.54. The Morgan fingerprint density at radius 2 is 1.90 bits per heavy atom. The van der Waals surface area contributed by atoms with Gasteiger partial charge < -0.3 is 15.4 Å². The van der Waals surface area contributed by atoms with Crippen LogP contribution in [0.1, 0.15) is 39.0 Å². The third-order valence-electron chi connectivity index (χ3n) is 3.54. The highest BCUT2D eigenvalue weighted by Gasteiger charge is 2.15. The maximum absolute atomic E-state index is 11.9. The van der Waals surface area contributed by atoms with Crippen LogP contribution in [0.3, 0.4) is 0 Å². The molecule has 21 heavy (non-hydrogen) atoms. The molecule has 1 saturated carbocycles. The van der Waals surface area contributed by atoms with Gasteiger partial charge in [0.2, 0.25) is 0 Å². The maximum Gasteiger partial charge on any atom is 0.319 e. The fraction of sp³-hybridized carbons (Fsp3) is 0.471. The summed E-state index contributed by atoms with van der Waals surface area (Å²) in [5, 5.41) is 5.89. The van der Waals surface area contributed by atoms with E-state index in [1.807, 2.05) is 31.2 Å². The first-order valence-corrected chi connectivity index (χ1v) is 7.58. The molecule has 4 nitrogen and oxygen atoms in total. The molecule has 2 N–H and O–H groups in total. The number of anilines is 1. The molecular formula is C17H24N2O2. The normalized spacial score (nSPS) is 15.3. The number of urea groups is 1. The third kappa shape index (κ3) is 5.50. The summed E-state index contributed by atoms with van der Waals surface area (Å²) in [6.07, 6.45) is 5.87. The Morgan fingerprint density at radius 3 is 2.52 bits per heavy atom. The molecule has 0 spiro atoms. The van der Waals surface area contributed by atoms with Crippen molar-refractivity contribution in [2.24, 2.45) is 0 Å². The van der Waals surface area contributed by atoms with Crippen LogP contribution in [-0.2, 0) is 0 Å². The number of ether oxygens (including phenoxy) is 1. The van der Waals surface area contributed by atoms with Gasteiger partial charge in [-0.1, -0.05) is 25.8 Å². The molecule has 1 aliphatic rings. The number of amides is 2. The van der Waals surface area contributed by atoms with Crippen LogP contribution in [0.5, 0.6) is 5.75 Å². The zero-order valence-electron chi connectivity index (χ0n) is 12.7. The minimum atomic E-state index is -0.127. The molecule has 1 fully saturated rings. The minimum absolute atomic E-state index is 0.127. The SMILES string of the molecule is C=C(C)COc1ccc(NC(=O)NC2CCCCC2)cc1. The summed E-state index contributed by atoms with van der Waals surface area (Å²) in [5.74, 6) is 0.774. The monoisotopic (exact) mass is 288 g/mol. The van der Waals surface area contributed by atoms with E-state index >= 15 is 0 Å². The molecule has 4 heteroatoms. The lowest BCUT2D eigenvalue weighted by molar-refractivity contribution is 0.244. The van der Waals surface area contributed by atoms with E-state index in [0.29, 0.717) is 12.6 Å². The van der Waals surface area contributed by atoms with Crippen LogP contribution in [0, 0.1) is 0 Å². The number of carbonyl (C=O) groups is 1. The van der Waals surface area contributed by atoms with Gasteiger partial charge in [-0.3, -0.25) is 0 Å². The van der Waals surface area contributed by atoms with Gasteiger partial charge in [0.05, 0.1) is 0 Å². The average molecular weight is 288 g/mol. The summed E-state index contributed by atoms with van der Waals surface area (Å²) in [6.45, 7) is 6.22. The summed E-state index contributed by atoms with van der Waals surface area (Å²) in [4.78, 5) is 11.9. The predicted octanol–water partition coefficient (Wildman–Crippen LogP) is 4.10. The first-order valence-electron chi connectivity index (χ1n) is 7.58. The maximum atomic E-state index is 11.9. The molecule has 0 heterocycles. The Balaban J connectivity index is 1.79. The number of hydrogen-bond acceptors (Lipinski definition) is 2. The van der Waals surface area contributed by atoms with E-state index in [9.17, 15) is 4.79 Å². The Hall–Kier alpha value is -1.97. The molecule has 0 unspecified atom stereocenters. The van der Waals surface area contributed by atoms with Crippen molar-refractivity contribution in [3.63, 3.8) is 0 Å². The lowest BCUT2D eigenvalue weighted by atomic mass is 9.96. The van der Waals surface area contributed by atoms with E-state index < -0.39 is 0 Å². The first-order chi connectivity index (χ1) is 10.1. The van der Waals surface area contributed by atoms with Crippen molar-refractivity contribution in [1.82, 2.24) is 5.32 Å². The second-order valence-electron chi connectivity index (χ2n) is 5.70. The first kappa shape index (κ1) is 15.4. The van der Waals surface area contributed by atoms with E-state index in [4.69, 9.17) is 4.74 Å². The van der Waals surface area contributed by atoms with Gasteiger partial charge in [0.25, 0.3) is 0 Å². The molecule has 0 bridgehead atoms. The van der Waals surface area contributed by atoms with E-state index in [0.717, 1.165) is 29.9 Å². The average Bonchev–Trinajstić information content (AvgIpc) is 2.47. The Morgan fingerprint density at radius 1 is 1.24 bits per heavy atom. The highest BCUT2D eigenvalue weighted by atomic mass is 16.5. The topological polar surface area (TPSA) is 50.4 Å². The van der Waals surface area contributed by atoms with Crippen molar-refractivity contribution in [2.45, 2.75) is 45.1 Å². The van der Waals surface area contributed by atoms with E-state index in [2.05, 4.69) is 17.2 Å². The zero-order chi connectivity index (χ0) is 15.1. The van der Waals surface area contributed by atoms with E-state index in [1.165, 1.54) is 19.3 Å². The van der Waals surface area contributed by atoms with Crippen LogP contribution in [0.2, 0.25) is 0 Å². The predicted molar refractivity (Wildman–Crippen MR) is 85.8 cm³/mol. The van der Waals surface area contributed by atoms with Crippen LogP contribution in [-0.4, -0.2) is 18.7 Å². The van der Waals surface area contributed by atoms with Crippen molar-refractivity contribution >= 4 is 11.7 Å². The summed E-state index contributed by atoms with van der Waals surface area (Å²) < 4.78 is 5.52. The van der Waals surface area contributed by atoms with Gasteiger partial charge in [-0.25, -0.2) is 4.79 Å². The van der Waals surface area contributed by atoms with Gasteiger partial charge in [0.1, 0.15) is 12.4 Å². The van der Waals surface area contributed by atoms with Gasteiger partial charge in [0, 0.05) is 11.7 Å². The molecule has 0 aromatic heterocycles. The summed E-state index contributed by atoms with van der Waals surface area (Å²) in [6, 6.07) is 7.57. The molecule has 0 saturated heterocycles. The second kappa shape index (κ2) is 7.72. The lowest BCUT2D eigenvalue weighted by Gasteiger charge is -2.22. The molecule has 114 valence electrons. The highest BCUT2D eigenvalue weighted by Crippen LogP contribution is 2.18. The van der Waals surface area contributed by atoms with Crippen molar-refractivity contribution < 1.29 is 9.53 Å². The number of carbonyl (C=O) groups excluding carboxylic acids is 1. The molecule has 0 aliphatic heterocycles. The fourth-order valence-electron chi connectivity index (χ4n) is 2.44. The Bertz CT molecular complexity index is 476. The number of rotatable bonds is 5. The van der Waals surface area contributed by atoms with Crippen molar-refractivity contribution in [3.8, 4) is 5.75 Å². The van der Waals surface area contributed by atoms with Crippen LogP contribution in [0.15, 0.2) is 36.4 Å². The summed E-state index contributed by atoms with van der Waals surface area (Å²) in [7, 11) is 0. The van der Waals surface area contributed by atoms with Crippen molar-refractivity contribution in [2.75, 3.05) is 11.9 Å². The van der Waals surface area contributed by atoms with Gasteiger partial charge in [-0.15, -0.1) is 0 Å². The van der Waals surface area contributed by atoms with Gasteiger partial charge >= 0.3 is 6.03 Å². The summed E-state index contributed by atoms with van der Waals surface area (Å²) in [5.41, 5.74) is 1.75. The number of nitrogens with one attached hydrogen (secondary N) is 2. The second-order valence-corrected chi connectivity index (χ2v) is 5.70. The molecule has 0 radical (unpaired) electrons. The molecule has 1 aromatic carbocycles. The van der Waals surface area contributed by atoms with Gasteiger partial charge in [-0.2, -0.15) is 0 Å². The van der Waals surface area contributed by atoms with Crippen LogP contribution in [0.4, 0.5) is 10.5 Å². The fourth-order valence-corrected chi connectivity index (χ4v) is 2.44. The van der Waals surface area contributed by atoms with Crippen LogP contribution < -0.4 is 15.4 Å². The lowest BCUT2D eigenvalue weighted by Crippen LogP contribution is -2.38. The Kier molecular flexibility index (Phi) is 5.67. The molecule has 2 rings (SSSR count). The van der Waals surface area contributed by atoms with E-state index in [-0.39, 0.29) is 6.03 Å². The van der Waals surface area contributed by atoms with Gasteiger partial charge in [0.15, 0.2) is 0 Å². The van der Waals surface area contributed by atoms with Crippen LogP contribution >= 0.6 is 0 Å². The highest BCUT2D eigenvalue weighted by molar-refractivity contribution is 5.89. The zero-order valence-corrected chi connectivity index (χ0v) is 12.7. The smallest absolute Gasteiger partial charge is 0.319 e. The Labute approximate surface area is 126 Å². The van der Waals surface area contributed by atoms with Gasteiger partial charge in [-0.05, 0) is 49.6 Å². The van der Waals surface area contributed by atoms with Crippen molar-refractivity contribution in [3.05, 3.63) is 36.4 Å². The largest absolute Gasteiger partial charge is 0.489 e. The number of benzene rings is 1. The molecule has 1 aliphatic carbocycles. The molecule has 2 amide bonds. The number of hydrogen-bond donors (Lipinski definition) is 2. The molecule has 1 aromatic rings. The quantitative estimate of drug-likeness (QED) is 0.802. The minimum Gasteiger partial charge on any atom is -0.489 e. The van der Waals surface area contributed by atoms with E-state index in [1.54, 1.807) is 0 Å². The van der Waals surface area contributed by atoms with Crippen LogP contribution in [0.25, 0.3) is 0 Å². The molecule has 0 atom stereocenters. The summed E-state index contributed by atoms with van der Waals surface area (Å²) >= 11 is 0.